The zero-order valence-corrected chi connectivity index (χ0v) is 13.0. The van der Waals surface area contributed by atoms with Crippen LogP contribution in [0.1, 0.15) is 31.4 Å². The molecule has 1 aromatic heterocycles. The molecular weight excluding hydrogens is 266 g/mol. The summed E-state index contributed by atoms with van der Waals surface area (Å²) in [5, 5.41) is 3.09. The van der Waals surface area contributed by atoms with Gasteiger partial charge in [0.1, 0.15) is 5.76 Å². The van der Waals surface area contributed by atoms with E-state index in [1.54, 1.807) is 25.3 Å². The van der Waals surface area contributed by atoms with Gasteiger partial charge in [0.2, 0.25) is 0 Å². The van der Waals surface area contributed by atoms with Crippen LogP contribution < -0.4 is 5.32 Å². The van der Waals surface area contributed by atoms with Crippen LogP contribution in [0.4, 0.5) is 4.79 Å². The van der Waals surface area contributed by atoms with Crippen molar-refractivity contribution in [1.29, 1.82) is 0 Å². The standard InChI is InChI=1S/C16H25N3O2/c1-18(2)15(20)17-13-10-16(11-13)5-7-19(8-6-16)12-14-4-3-9-21-14/h3-4,9,13H,5-8,10-12H2,1-2H3,(H,17,20). The fraction of sp³-hybridized carbons (Fsp3) is 0.688. The van der Waals surface area contributed by atoms with Crippen LogP contribution in [0.2, 0.25) is 0 Å². The van der Waals surface area contributed by atoms with E-state index >= 15 is 0 Å². The summed E-state index contributed by atoms with van der Waals surface area (Å²) in [5.41, 5.74) is 0.476. The van der Waals surface area contributed by atoms with Crippen molar-refractivity contribution in [2.24, 2.45) is 5.41 Å². The molecule has 1 aliphatic carbocycles. The number of amides is 2. The van der Waals surface area contributed by atoms with Crippen LogP contribution in [-0.2, 0) is 6.54 Å². The van der Waals surface area contributed by atoms with Crippen molar-refractivity contribution in [1.82, 2.24) is 15.1 Å². The van der Waals surface area contributed by atoms with Gasteiger partial charge in [0.15, 0.2) is 0 Å². The lowest BCUT2D eigenvalue weighted by molar-refractivity contribution is 0.00466. The first kappa shape index (κ1) is 14.4. The van der Waals surface area contributed by atoms with Crippen LogP contribution in [0.15, 0.2) is 22.8 Å². The summed E-state index contributed by atoms with van der Waals surface area (Å²) in [5.74, 6) is 1.05. The molecule has 0 aromatic carbocycles. The Labute approximate surface area is 126 Å². The first-order chi connectivity index (χ1) is 10.1. The predicted molar refractivity (Wildman–Crippen MR) is 80.9 cm³/mol. The van der Waals surface area contributed by atoms with Crippen molar-refractivity contribution in [3.8, 4) is 0 Å². The monoisotopic (exact) mass is 291 g/mol. The maximum absolute atomic E-state index is 11.6. The highest BCUT2D eigenvalue weighted by atomic mass is 16.3. The average molecular weight is 291 g/mol. The van der Waals surface area contributed by atoms with Crippen LogP contribution in [0.3, 0.4) is 0 Å². The predicted octanol–water partition coefficient (Wildman–Crippen LogP) is 2.30. The lowest BCUT2D eigenvalue weighted by Crippen LogP contribution is -2.56. The number of nitrogens with zero attached hydrogens (tertiary/aromatic N) is 2. The number of nitrogens with one attached hydrogen (secondary N) is 1. The number of rotatable bonds is 3. The molecular formula is C16H25N3O2. The molecule has 0 atom stereocenters. The smallest absolute Gasteiger partial charge is 0.317 e. The minimum atomic E-state index is 0.0325. The zero-order valence-electron chi connectivity index (χ0n) is 13.0. The van der Waals surface area contributed by atoms with E-state index < -0.39 is 0 Å². The topological polar surface area (TPSA) is 48.7 Å². The molecule has 5 heteroatoms. The van der Waals surface area contributed by atoms with Crippen LogP contribution in [0.25, 0.3) is 0 Å². The minimum absolute atomic E-state index is 0.0325. The van der Waals surface area contributed by atoms with Gasteiger partial charge in [-0.2, -0.15) is 0 Å². The Kier molecular flexibility index (Phi) is 3.93. The van der Waals surface area contributed by atoms with E-state index in [1.807, 2.05) is 12.1 Å². The van der Waals surface area contributed by atoms with Gasteiger partial charge in [0, 0.05) is 20.1 Å². The van der Waals surface area contributed by atoms with Gasteiger partial charge in [-0.3, -0.25) is 4.90 Å². The van der Waals surface area contributed by atoms with Crippen molar-refractivity contribution in [3.05, 3.63) is 24.2 Å². The molecule has 1 spiro atoms. The summed E-state index contributed by atoms with van der Waals surface area (Å²) in [6.07, 6.45) is 6.50. The summed E-state index contributed by atoms with van der Waals surface area (Å²) in [6, 6.07) is 4.40. The Balaban J connectivity index is 1.42. The molecule has 3 rings (SSSR count). The third-order valence-corrected chi connectivity index (χ3v) is 4.97. The fourth-order valence-corrected chi connectivity index (χ4v) is 3.61. The maximum Gasteiger partial charge on any atom is 0.317 e. The Morgan fingerprint density at radius 2 is 2.14 bits per heavy atom. The molecule has 2 fully saturated rings. The minimum Gasteiger partial charge on any atom is -0.468 e. The highest BCUT2D eigenvalue weighted by molar-refractivity contribution is 5.74. The summed E-state index contributed by atoms with van der Waals surface area (Å²) in [6.45, 7) is 3.19. The molecule has 21 heavy (non-hydrogen) atoms. The van der Waals surface area contributed by atoms with Gasteiger partial charge in [-0.05, 0) is 56.3 Å². The molecule has 0 bridgehead atoms. The number of likely N-dealkylation sites (tertiary alicyclic amines) is 1. The fourth-order valence-electron chi connectivity index (χ4n) is 3.61. The number of hydrogen-bond acceptors (Lipinski definition) is 3. The van der Waals surface area contributed by atoms with Gasteiger partial charge < -0.3 is 14.6 Å². The molecule has 0 unspecified atom stereocenters. The number of carbonyl (C=O) groups is 1. The molecule has 5 nitrogen and oxygen atoms in total. The lowest BCUT2D eigenvalue weighted by atomic mass is 9.60. The molecule has 1 saturated heterocycles. The molecule has 1 N–H and O–H groups in total. The van der Waals surface area contributed by atoms with Gasteiger partial charge in [0.25, 0.3) is 0 Å². The van der Waals surface area contributed by atoms with Crippen LogP contribution in [0.5, 0.6) is 0 Å². The largest absolute Gasteiger partial charge is 0.468 e. The second-order valence-corrected chi connectivity index (χ2v) is 6.80. The number of carbonyl (C=O) groups excluding carboxylic acids is 1. The Bertz CT molecular complexity index is 468. The van der Waals surface area contributed by atoms with E-state index in [-0.39, 0.29) is 6.03 Å². The van der Waals surface area contributed by atoms with E-state index in [0.717, 1.165) is 38.2 Å². The SMILES string of the molecule is CN(C)C(=O)NC1CC2(CCN(Cc3ccco3)CC2)C1. The highest BCUT2D eigenvalue weighted by Gasteiger charge is 2.46. The van der Waals surface area contributed by atoms with Crippen LogP contribution >= 0.6 is 0 Å². The van der Waals surface area contributed by atoms with Gasteiger partial charge in [-0.15, -0.1) is 0 Å². The lowest BCUT2D eigenvalue weighted by Gasteiger charge is -2.52. The van der Waals surface area contributed by atoms with Gasteiger partial charge in [0.05, 0.1) is 12.8 Å². The quantitative estimate of drug-likeness (QED) is 0.929. The van der Waals surface area contributed by atoms with Gasteiger partial charge in [-0.25, -0.2) is 4.79 Å². The van der Waals surface area contributed by atoms with Crippen molar-refractivity contribution < 1.29 is 9.21 Å². The Hall–Kier alpha value is -1.49. The summed E-state index contributed by atoms with van der Waals surface area (Å²) >= 11 is 0. The van der Waals surface area contributed by atoms with E-state index in [9.17, 15) is 4.79 Å². The third kappa shape index (κ3) is 3.23. The molecule has 0 radical (unpaired) electrons. The second-order valence-electron chi connectivity index (χ2n) is 6.80. The number of piperidine rings is 1. The van der Waals surface area contributed by atoms with E-state index in [1.165, 1.54) is 12.8 Å². The maximum atomic E-state index is 11.6. The van der Waals surface area contributed by atoms with E-state index in [4.69, 9.17) is 4.42 Å². The molecule has 1 aromatic rings. The van der Waals surface area contributed by atoms with Crippen molar-refractivity contribution in [2.45, 2.75) is 38.3 Å². The first-order valence-corrected chi connectivity index (χ1v) is 7.79. The van der Waals surface area contributed by atoms with E-state index in [2.05, 4.69) is 10.2 Å². The van der Waals surface area contributed by atoms with E-state index in [0.29, 0.717) is 11.5 Å². The van der Waals surface area contributed by atoms with Crippen molar-refractivity contribution >= 4 is 6.03 Å². The van der Waals surface area contributed by atoms with Crippen LogP contribution in [0, 0.1) is 5.41 Å². The molecule has 1 aliphatic heterocycles. The molecule has 2 aliphatic rings. The van der Waals surface area contributed by atoms with Gasteiger partial charge in [-0.1, -0.05) is 0 Å². The Morgan fingerprint density at radius 1 is 1.43 bits per heavy atom. The molecule has 2 amide bonds. The van der Waals surface area contributed by atoms with Crippen molar-refractivity contribution in [2.75, 3.05) is 27.2 Å². The summed E-state index contributed by atoms with van der Waals surface area (Å²) in [7, 11) is 3.58. The number of urea groups is 1. The van der Waals surface area contributed by atoms with Gasteiger partial charge >= 0.3 is 6.03 Å². The molecule has 2 heterocycles. The summed E-state index contributed by atoms with van der Waals surface area (Å²) in [4.78, 5) is 15.7. The Morgan fingerprint density at radius 3 is 2.71 bits per heavy atom. The average Bonchev–Trinajstić information content (AvgIpc) is 2.92. The number of furan rings is 1. The third-order valence-electron chi connectivity index (χ3n) is 4.97. The molecule has 1 saturated carbocycles. The summed E-state index contributed by atoms with van der Waals surface area (Å²) < 4.78 is 5.42. The zero-order chi connectivity index (χ0) is 14.9. The first-order valence-electron chi connectivity index (χ1n) is 7.79. The van der Waals surface area contributed by atoms with Crippen LogP contribution in [-0.4, -0.2) is 49.1 Å². The normalized spacial score (nSPS) is 22.0. The highest BCUT2D eigenvalue weighted by Crippen LogP contribution is 2.49. The second kappa shape index (κ2) is 5.72. The van der Waals surface area contributed by atoms with Crippen molar-refractivity contribution in [3.63, 3.8) is 0 Å². The molecule has 116 valence electrons. The number of hydrogen-bond donors (Lipinski definition) is 1.